The second-order valence-corrected chi connectivity index (χ2v) is 11.2. The lowest BCUT2D eigenvalue weighted by Gasteiger charge is -2.32. The fourth-order valence-corrected chi connectivity index (χ4v) is 5.92. The number of halogens is 2. The van der Waals surface area contributed by atoms with Gasteiger partial charge in [0, 0.05) is 43.5 Å². The van der Waals surface area contributed by atoms with Crippen molar-refractivity contribution in [1.82, 2.24) is 19.4 Å². The molecule has 40 heavy (non-hydrogen) atoms. The van der Waals surface area contributed by atoms with Gasteiger partial charge in [0.05, 0.1) is 31.4 Å². The molecule has 1 saturated heterocycles. The van der Waals surface area contributed by atoms with E-state index in [1.54, 1.807) is 6.20 Å². The molecular weight excluding hydrogens is 542 g/mol. The maximum atomic E-state index is 14.2. The van der Waals surface area contributed by atoms with Crippen LogP contribution in [0.25, 0.3) is 22.2 Å². The molecular formula is C27H30F2N6O4S. The number of fused-ring (bicyclic) bond motifs is 1. The summed E-state index contributed by atoms with van der Waals surface area (Å²) in [5.74, 6) is -1.70. The predicted octanol–water partition coefficient (Wildman–Crippen LogP) is 3.88. The molecule has 0 spiro atoms. The summed E-state index contributed by atoms with van der Waals surface area (Å²) in [5.41, 5.74) is 9.14. The van der Waals surface area contributed by atoms with Crippen LogP contribution < -0.4 is 15.2 Å². The number of nitrogens with one attached hydrogen (secondary N) is 1. The van der Waals surface area contributed by atoms with E-state index in [4.69, 9.17) is 15.2 Å². The normalized spacial score (nSPS) is 15.3. The number of morpholine rings is 1. The first kappa shape index (κ1) is 27.7. The Morgan fingerprint density at radius 1 is 1.12 bits per heavy atom. The van der Waals surface area contributed by atoms with E-state index in [0.717, 1.165) is 61.5 Å². The van der Waals surface area contributed by atoms with E-state index in [-0.39, 0.29) is 11.6 Å². The van der Waals surface area contributed by atoms with Crippen molar-refractivity contribution in [3.8, 4) is 17.0 Å². The highest BCUT2D eigenvalue weighted by molar-refractivity contribution is 7.92. The minimum atomic E-state index is -4.41. The predicted molar refractivity (Wildman–Crippen MR) is 148 cm³/mol. The number of hydrogen-bond donors (Lipinski definition) is 2. The number of anilines is 2. The summed E-state index contributed by atoms with van der Waals surface area (Å²) in [5, 5.41) is 0. The summed E-state index contributed by atoms with van der Waals surface area (Å²) in [4.78, 5) is 10.4. The Hall–Kier alpha value is -3.81. The Balaban J connectivity index is 1.44. The molecule has 3 N–H and O–H groups in total. The molecule has 1 atom stereocenters. The Morgan fingerprint density at radius 3 is 2.62 bits per heavy atom. The number of methoxy groups -OCH3 is 1. The maximum absolute atomic E-state index is 14.2. The molecule has 0 amide bonds. The number of aryl methyl sites for hydroxylation is 1. The fourth-order valence-electron chi connectivity index (χ4n) is 4.81. The third-order valence-electron chi connectivity index (χ3n) is 7.02. The van der Waals surface area contributed by atoms with Gasteiger partial charge >= 0.3 is 0 Å². The number of rotatable bonds is 9. The Kier molecular flexibility index (Phi) is 7.88. The highest BCUT2D eigenvalue weighted by Gasteiger charge is 2.23. The highest BCUT2D eigenvalue weighted by Crippen LogP contribution is 2.32. The van der Waals surface area contributed by atoms with Crippen LogP contribution in [0.15, 0.2) is 53.6 Å². The molecule has 3 heterocycles. The van der Waals surface area contributed by atoms with Crippen LogP contribution in [0.5, 0.6) is 5.88 Å². The largest absolute Gasteiger partial charge is 0.480 e. The third kappa shape index (κ3) is 5.71. The third-order valence-corrected chi connectivity index (χ3v) is 8.42. The van der Waals surface area contributed by atoms with Crippen molar-refractivity contribution in [2.24, 2.45) is 0 Å². The lowest BCUT2D eigenvalue weighted by molar-refractivity contribution is 0.0179. The smallest absolute Gasteiger partial charge is 0.264 e. The van der Waals surface area contributed by atoms with Crippen LogP contribution in [-0.4, -0.2) is 67.3 Å². The van der Waals surface area contributed by atoms with Gasteiger partial charge in [-0.1, -0.05) is 6.07 Å². The van der Waals surface area contributed by atoms with Crippen molar-refractivity contribution in [3.63, 3.8) is 0 Å². The van der Waals surface area contributed by atoms with Gasteiger partial charge in [-0.05, 0) is 49.2 Å². The van der Waals surface area contributed by atoms with Gasteiger partial charge in [0.1, 0.15) is 22.2 Å². The van der Waals surface area contributed by atoms with Gasteiger partial charge in [-0.15, -0.1) is 0 Å². The van der Waals surface area contributed by atoms with Crippen LogP contribution in [-0.2, 0) is 21.3 Å². The fraction of sp³-hybridized carbons (Fsp3) is 0.333. The number of hydrogen-bond acceptors (Lipinski definition) is 8. The minimum absolute atomic E-state index is 0.00354. The van der Waals surface area contributed by atoms with Crippen molar-refractivity contribution >= 4 is 32.7 Å². The van der Waals surface area contributed by atoms with Gasteiger partial charge in [-0.2, -0.15) is 0 Å². The van der Waals surface area contributed by atoms with Crippen LogP contribution in [0, 0.1) is 11.6 Å². The molecule has 1 fully saturated rings. The molecule has 0 saturated carbocycles. The lowest BCUT2D eigenvalue weighted by atomic mass is 10.1. The molecule has 2 aromatic heterocycles. The summed E-state index contributed by atoms with van der Waals surface area (Å²) in [6.07, 6.45) is 2.41. The average Bonchev–Trinajstić information content (AvgIpc) is 3.25. The van der Waals surface area contributed by atoms with Gasteiger partial charge in [-0.3, -0.25) is 9.62 Å². The van der Waals surface area contributed by atoms with E-state index in [9.17, 15) is 17.2 Å². The number of aromatic nitrogens is 3. The topological polar surface area (TPSA) is 125 Å². The lowest BCUT2D eigenvalue weighted by Crippen LogP contribution is -2.42. The summed E-state index contributed by atoms with van der Waals surface area (Å²) < 4.78 is 68.4. The standard InChI is InChI=1S/C27H30F2N6O4S/c1-17(34-9-11-39-12-10-34)7-8-35-24-14-18(3-5-22(24)32-27(35)30)19-13-23(26(38-2)31-16-19)33-40(36,37)25-6-4-20(28)15-21(25)29/h3-6,13-17,33H,7-12H2,1-2H3,(H2,30,32). The Morgan fingerprint density at radius 2 is 1.90 bits per heavy atom. The molecule has 212 valence electrons. The molecule has 0 aliphatic carbocycles. The first-order valence-electron chi connectivity index (χ1n) is 12.8. The van der Waals surface area contributed by atoms with Crippen LogP contribution in [0.3, 0.4) is 0 Å². The Labute approximate surface area is 230 Å². The zero-order valence-corrected chi connectivity index (χ0v) is 22.9. The zero-order chi connectivity index (χ0) is 28.4. The first-order valence-corrected chi connectivity index (χ1v) is 14.2. The number of nitrogens with zero attached hydrogens (tertiary/aromatic N) is 4. The molecule has 10 nitrogen and oxygen atoms in total. The van der Waals surface area contributed by atoms with E-state index in [0.29, 0.717) is 30.2 Å². The number of pyridine rings is 1. The van der Waals surface area contributed by atoms with E-state index >= 15 is 0 Å². The van der Waals surface area contributed by atoms with Crippen LogP contribution in [0.1, 0.15) is 13.3 Å². The first-order chi connectivity index (χ1) is 19.2. The molecule has 13 heteroatoms. The van der Waals surface area contributed by atoms with Crippen LogP contribution in [0.2, 0.25) is 0 Å². The van der Waals surface area contributed by atoms with Gasteiger partial charge in [0.15, 0.2) is 0 Å². The number of sulfonamides is 1. The maximum Gasteiger partial charge on any atom is 0.264 e. The van der Waals surface area contributed by atoms with Gasteiger partial charge < -0.3 is 19.8 Å². The van der Waals surface area contributed by atoms with Gasteiger partial charge in [0.25, 0.3) is 10.0 Å². The number of ether oxygens (including phenoxy) is 2. The van der Waals surface area contributed by atoms with Crippen molar-refractivity contribution in [2.75, 3.05) is 43.9 Å². The minimum Gasteiger partial charge on any atom is -0.480 e. The summed E-state index contributed by atoms with van der Waals surface area (Å²) >= 11 is 0. The van der Waals surface area contributed by atoms with Crippen LogP contribution in [0.4, 0.5) is 20.4 Å². The summed E-state index contributed by atoms with van der Waals surface area (Å²) in [7, 11) is -3.07. The second-order valence-electron chi connectivity index (χ2n) is 9.57. The number of nitrogen functional groups attached to an aromatic ring is 1. The van der Waals surface area contributed by atoms with Gasteiger partial charge in [0.2, 0.25) is 11.8 Å². The SMILES string of the molecule is COc1ncc(-c2ccc3nc(N)n(CCC(C)N4CCOCC4)c3c2)cc1NS(=O)(=O)c1ccc(F)cc1F. The van der Waals surface area contributed by atoms with E-state index in [2.05, 4.69) is 26.5 Å². The molecule has 1 aliphatic heterocycles. The van der Waals surface area contributed by atoms with Crippen LogP contribution >= 0.6 is 0 Å². The number of benzene rings is 2. The second kappa shape index (κ2) is 11.4. The summed E-state index contributed by atoms with van der Waals surface area (Å²) in [6.45, 7) is 6.12. The van der Waals surface area contributed by atoms with E-state index in [1.165, 1.54) is 13.2 Å². The Bertz CT molecular complexity index is 1640. The number of nitrogens with two attached hydrogens (primary N) is 1. The van der Waals surface area contributed by atoms with Crippen molar-refractivity contribution in [2.45, 2.75) is 30.8 Å². The van der Waals surface area contributed by atoms with Gasteiger partial charge in [-0.25, -0.2) is 27.2 Å². The van der Waals surface area contributed by atoms with Crippen molar-refractivity contribution in [1.29, 1.82) is 0 Å². The molecule has 5 rings (SSSR count). The van der Waals surface area contributed by atoms with E-state index < -0.39 is 26.6 Å². The van der Waals surface area contributed by atoms with Crippen molar-refractivity contribution in [3.05, 3.63) is 60.3 Å². The molecule has 2 aromatic carbocycles. The van der Waals surface area contributed by atoms with Crippen molar-refractivity contribution < 1.29 is 26.7 Å². The molecule has 1 unspecified atom stereocenters. The molecule has 0 bridgehead atoms. The molecule has 0 radical (unpaired) electrons. The highest BCUT2D eigenvalue weighted by atomic mass is 32.2. The number of imidazole rings is 1. The molecule has 4 aromatic rings. The average molecular weight is 573 g/mol. The monoisotopic (exact) mass is 572 g/mol. The quantitative estimate of drug-likeness (QED) is 0.310. The summed E-state index contributed by atoms with van der Waals surface area (Å²) in [6, 6.07) is 9.70. The molecule has 1 aliphatic rings. The van der Waals surface area contributed by atoms with E-state index in [1.807, 2.05) is 22.8 Å². The zero-order valence-electron chi connectivity index (χ0n) is 22.1.